The molecule has 0 aliphatic carbocycles. The van der Waals surface area contributed by atoms with Crippen molar-refractivity contribution in [3.05, 3.63) is 76.7 Å². The molecule has 0 saturated carbocycles. The van der Waals surface area contributed by atoms with Crippen molar-refractivity contribution in [2.45, 2.75) is 13.3 Å². The molecule has 0 unspecified atom stereocenters. The number of anilines is 3. The van der Waals surface area contributed by atoms with Crippen molar-refractivity contribution < 1.29 is 4.39 Å². The first-order valence-corrected chi connectivity index (χ1v) is 8.33. The zero-order valence-corrected chi connectivity index (χ0v) is 14.5. The highest BCUT2D eigenvalue weighted by molar-refractivity contribution is 6.31. The molecule has 0 amide bonds. The number of nitrogens with zero attached hydrogens (tertiary/aromatic N) is 2. The monoisotopic (exact) mass is 356 g/mol. The van der Waals surface area contributed by atoms with Crippen LogP contribution >= 0.6 is 11.6 Å². The van der Waals surface area contributed by atoms with E-state index in [9.17, 15) is 4.39 Å². The summed E-state index contributed by atoms with van der Waals surface area (Å²) in [6, 6.07) is 14.0. The fourth-order valence-corrected chi connectivity index (χ4v) is 2.54. The molecule has 3 rings (SSSR count). The first kappa shape index (κ1) is 17.2. The average molecular weight is 357 g/mol. The van der Waals surface area contributed by atoms with E-state index in [-0.39, 0.29) is 5.82 Å². The molecule has 1 aromatic heterocycles. The van der Waals surface area contributed by atoms with Crippen LogP contribution in [0, 0.1) is 12.7 Å². The van der Waals surface area contributed by atoms with E-state index in [4.69, 9.17) is 11.6 Å². The summed E-state index contributed by atoms with van der Waals surface area (Å²) >= 11 is 6.13. The van der Waals surface area contributed by atoms with Crippen LogP contribution in [0.3, 0.4) is 0 Å². The van der Waals surface area contributed by atoms with Gasteiger partial charge in [0.1, 0.15) is 11.6 Å². The maximum Gasteiger partial charge on any atom is 0.229 e. The molecule has 1 heterocycles. The molecule has 0 radical (unpaired) electrons. The Balaban J connectivity index is 1.61. The second-order valence-electron chi connectivity index (χ2n) is 5.61. The summed E-state index contributed by atoms with van der Waals surface area (Å²) in [6.07, 6.45) is 2.47. The van der Waals surface area contributed by atoms with Crippen molar-refractivity contribution in [3.8, 4) is 0 Å². The predicted molar refractivity (Wildman–Crippen MR) is 100 cm³/mol. The summed E-state index contributed by atoms with van der Waals surface area (Å²) in [5, 5.41) is 7.12. The molecule has 6 heteroatoms. The Labute approximate surface area is 151 Å². The molecule has 3 aromatic rings. The predicted octanol–water partition coefficient (Wildman–Crippen LogP) is 4.98. The minimum atomic E-state index is -0.223. The summed E-state index contributed by atoms with van der Waals surface area (Å²) in [4.78, 5) is 8.68. The number of aromatic nitrogens is 2. The largest absolute Gasteiger partial charge is 0.370 e. The average Bonchev–Trinajstić information content (AvgIpc) is 2.61. The topological polar surface area (TPSA) is 49.8 Å². The van der Waals surface area contributed by atoms with Gasteiger partial charge in [-0.15, -0.1) is 0 Å². The summed E-state index contributed by atoms with van der Waals surface area (Å²) in [5.41, 5.74) is 2.88. The molecule has 4 nitrogen and oxygen atoms in total. The fourth-order valence-electron chi connectivity index (χ4n) is 2.37. The molecule has 0 fully saturated rings. The molecule has 0 saturated heterocycles. The van der Waals surface area contributed by atoms with Gasteiger partial charge in [0.2, 0.25) is 5.95 Å². The third-order valence-corrected chi connectivity index (χ3v) is 4.21. The molecule has 0 atom stereocenters. The highest BCUT2D eigenvalue weighted by Crippen LogP contribution is 2.25. The minimum Gasteiger partial charge on any atom is -0.370 e. The standard InChI is InChI=1S/C19H18ClFN4/c1-13-16(20)3-2-4-17(13)24-19-23-12-10-18(25-19)22-11-9-14-5-7-15(21)8-6-14/h2-8,10,12H,9,11H2,1H3,(H2,22,23,24,25). The van der Waals surface area contributed by atoms with Crippen LogP contribution in [0.25, 0.3) is 0 Å². The SMILES string of the molecule is Cc1c(Cl)cccc1Nc1nccc(NCCc2ccc(F)cc2)n1. The van der Waals surface area contributed by atoms with Crippen molar-refractivity contribution >= 4 is 29.1 Å². The van der Waals surface area contributed by atoms with Gasteiger partial charge in [-0.1, -0.05) is 29.8 Å². The van der Waals surface area contributed by atoms with Gasteiger partial charge in [0.05, 0.1) is 0 Å². The first-order valence-electron chi connectivity index (χ1n) is 7.95. The maximum atomic E-state index is 12.9. The Hall–Kier alpha value is -2.66. The van der Waals surface area contributed by atoms with Gasteiger partial charge < -0.3 is 10.6 Å². The number of hydrogen-bond acceptors (Lipinski definition) is 4. The van der Waals surface area contributed by atoms with Crippen LogP contribution in [0.2, 0.25) is 5.02 Å². The molecule has 0 spiro atoms. The second-order valence-corrected chi connectivity index (χ2v) is 6.01. The third kappa shape index (κ3) is 4.67. The van der Waals surface area contributed by atoms with Gasteiger partial charge in [0, 0.05) is 23.5 Å². The highest BCUT2D eigenvalue weighted by Gasteiger charge is 2.05. The van der Waals surface area contributed by atoms with Crippen molar-refractivity contribution in [1.29, 1.82) is 0 Å². The Bertz CT molecular complexity index is 852. The molecule has 2 aromatic carbocycles. The lowest BCUT2D eigenvalue weighted by molar-refractivity contribution is 0.627. The Morgan fingerprint density at radius 2 is 1.88 bits per heavy atom. The van der Waals surface area contributed by atoms with Crippen LogP contribution in [0.1, 0.15) is 11.1 Å². The zero-order chi connectivity index (χ0) is 17.6. The molecule has 2 N–H and O–H groups in total. The van der Waals surface area contributed by atoms with E-state index in [1.165, 1.54) is 12.1 Å². The molecule has 128 valence electrons. The molecule has 25 heavy (non-hydrogen) atoms. The first-order chi connectivity index (χ1) is 12.1. The maximum absolute atomic E-state index is 12.9. The molecule has 0 aliphatic rings. The van der Waals surface area contributed by atoms with E-state index in [1.54, 1.807) is 24.4 Å². The summed E-state index contributed by atoms with van der Waals surface area (Å²) in [6.45, 7) is 2.63. The Kier molecular flexibility index (Phi) is 5.46. The highest BCUT2D eigenvalue weighted by atomic mass is 35.5. The molecular formula is C19H18ClFN4. The second kappa shape index (κ2) is 7.94. The van der Waals surface area contributed by atoms with Crippen molar-refractivity contribution in [2.75, 3.05) is 17.2 Å². The summed E-state index contributed by atoms with van der Waals surface area (Å²) in [5.74, 6) is 0.996. The number of hydrogen-bond donors (Lipinski definition) is 2. The van der Waals surface area contributed by atoms with Crippen molar-refractivity contribution in [1.82, 2.24) is 9.97 Å². The van der Waals surface area contributed by atoms with Gasteiger partial charge in [-0.25, -0.2) is 9.37 Å². The lowest BCUT2D eigenvalue weighted by Crippen LogP contribution is -2.08. The van der Waals surface area contributed by atoms with Crippen LogP contribution in [0.5, 0.6) is 0 Å². The molecular weight excluding hydrogens is 339 g/mol. The van der Waals surface area contributed by atoms with E-state index >= 15 is 0 Å². The quantitative estimate of drug-likeness (QED) is 0.654. The molecule has 0 aliphatic heterocycles. The number of rotatable bonds is 6. The smallest absolute Gasteiger partial charge is 0.229 e. The van der Waals surface area contributed by atoms with Gasteiger partial charge in [0.15, 0.2) is 0 Å². The van der Waals surface area contributed by atoms with E-state index in [0.29, 0.717) is 17.5 Å². The summed E-state index contributed by atoms with van der Waals surface area (Å²) in [7, 11) is 0. The van der Waals surface area contributed by atoms with Crippen molar-refractivity contribution in [3.63, 3.8) is 0 Å². The Morgan fingerprint density at radius 1 is 1.08 bits per heavy atom. The fraction of sp³-hybridized carbons (Fsp3) is 0.158. The lowest BCUT2D eigenvalue weighted by atomic mass is 10.1. The number of benzene rings is 2. The number of nitrogens with one attached hydrogen (secondary N) is 2. The van der Waals surface area contributed by atoms with Gasteiger partial charge in [0.25, 0.3) is 0 Å². The van der Waals surface area contributed by atoms with E-state index in [0.717, 1.165) is 29.1 Å². The van der Waals surface area contributed by atoms with Crippen LogP contribution in [0.4, 0.5) is 21.8 Å². The normalized spacial score (nSPS) is 10.5. The van der Waals surface area contributed by atoms with Gasteiger partial charge in [-0.2, -0.15) is 4.98 Å². The van der Waals surface area contributed by atoms with Crippen LogP contribution in [0.15, 0.2) is 54.7 Å². The number of halogens is 2. The van der Waals surface area contributed by atoms with Crippen LogP contribution < -0.4 is 10.6 Å². The van der Waals surface area contributed by atoms with E-state index in [1.807, 2.05) is 25.1 Å². The van der Waals surface area contributed by atoms with Crippen molar-refractivity contribution in [2.24, 2.45) is 0 Å². The minimum absolute atomic E-state index is 0.223. The lowest BCUT2D eigenvalue weighted by Gasteiger charge is -2.11. The molecule has 0 bridgehead atoms. The van der Waals surface area contributed by atoms with Crippen LogP contribution in [-0.4, -0.2) is 16.5 Å². The van der Waals surface area contributed by atoms with Gasteiger partial charge >= 0.3 is 0 Å². The zero-order valence-electron chi connectivity index (χ0n) is 13.8. The van der Waals surface area contributed by atoms with E-state index in [2.05, 4.69) is 20.6 Å². The third-order valence-electron chi connectivity index (χ3n) is 3.80. The van der Waals surface area contributed by atoms with Gasteiger partial charge in [-0.05, 0) is 54.8 Å². The van der Waals surface area contributed by atoms with Gasteiger partial charge in [-0.3, -0.25) is 0 Å². The summed E-state index contributed by atoms with van der Waals surface area (Å²) < 4.78 is 12.9. The van der Waals surface area contributed by atoms with E-state index < -0.39 is 0 Å². The van der Waals surface area contributed by atoms with Crippen LogP contribution in [-0.2, 0) is 6.42 Å². The Morgan fingerprint density at radius 3 is 2.68 bits per heavy atom.